The lowest BCUT2D eigenvalue weighted by Crippen LogP contribution is -2.20. The molecule has 3 heterocycles. The van der Waals surface area contributed by atoms with Gasteiger partial charge in [-0.25, -0.2) is 9.97 Å². The van der Waals surface area contributed by atoms with Gasteiger partial charge in [-0.3, -0.25) is 4.79 Å². The zero-order valence-electron chi connectivity index (χ0n) is 16.2. The van der Waals surface area contributed by atoms with E-state index in [0.717, 1.165) is 24.0 Å². The van der Waals surface area contributed by atoms with Crippen LogP contribution >= 0.6 is 27.5 Å². The number of nitrogens with zero attached hydrogens (tertiary/aromatic N) is 3. The maximum absolute atomic E-state index is 13.1. The van der Waals surface area contributed by atoms with Gasteiger partial charge in [-0.2, -0.15) is 0 Å². The number of fused-ring (bicyclic) bond motifs is 2. The van der Waals surface area contributed by atoms with Crippen LogP contribution in [0.1, 0.15) is 34.0 Å². The summed E-state index contributed by atoms with van der Waals surface area (Å²) in [6.45, 7) is 4.51. The Balaban J connectivity index is 1.73. The van der Waals surface area contributed by atoms with Crippen molar-refractivity contribution >= 4 is 50.8 Å². The van der Waals surface area contributed by atoms with E-state index in [1.807, 2.05) is 49.2 Å². The lowest BCUT2D eigenvalue weighted by Gasteiger charge is -2.23. The number of nitrogens with one attached hydrogen (secondary N) is 1. The molecule has 1 aromatic carbocycles. The largest absolute Gasteiger partial charge is 0.318 e. The summed E-state index contributed by atoms with van der Waals surface area (Å²) >= 11 is 9.75. The molecule has 7 heteroatoms. The Morgan fingerprint density at radius 3 is 2.59 bits per heavy atom. The average molecular weight is 472 g/mol. The van der Waals surface area contributed by atoms with Gasteiger partial charge >= 0.3 is 0 Å². The molecule has 0 fully saturated rings. The molecule has 5 nitrogen and oxygen atoms in total. The molecule has 0 saturated heterocycles. The number of aromatic nitrogens is 2. The number of aryl methyl sites for hydroxylation is 2. The van der Waals surface area contributed by atoms with E-state index in [0.29, 0.717) is 39.1 Å². The number of pyridine rings is 2. The minimum atomic E-state index is -0.189. The first kappa shape index (κ1) is 19.9. The normalized spacial score (nSPS) is 12.8. The van der Waals surface area contributed by atoms with Crippen molar-refractivity contribution in [3.05, 3.63) is 74.5 Å². The van der Waals surface area contributed by atoms with Crippen LogP contribution in [-0.4, -0.2) is 22.4 Å². The second-order valence-electron chi connectivity index (χ2n) is 6.94. The van der Waals surface area contributed by atoms with Gasteiger partial charge in [0.15, 0.2) is 5.82 Å². The minimum Gasteiger partial charge on any atom is -0.318 e. The molecular weight excluding hydrogens is 452 g/mol. The van der Waals surface area contributed by atoms with Crippen LogP contribution in [0.2, 0.25) is 5.15 Å². The minimum absolute atomic E-state index is 0.189. The predicted molar refractivity (Wildman–Crippen MR) is 120 cm³/mol. The van der Waals surface area contributed by atoms with Gasteiger partial charge in [0.05, 0.1) is 15.7 Å². The molecule has 2 aromatic heterocycles. The van der Waals surface area contributed by atoms with Crippen molar-refractivity contribution in [3.8, 4) is 0 Å². The third-order valence-electron chi connectivity index (χ3n) is 5.09. The number of carbonyl (C=O) groups excluding carboxylic acids is 1. The van der Waals surface area contributed by atoms with Gasteiger partial charge in [-0.05, 0) is 65.4 Å². The van der Waals surface area contributed by atoms with Crippen LogP contribution in [0.15, 0.2) is 47.1 Å². The highest BCUT2D eigenvalue weighted by atomic mass is 79.9. The molecule has 29 heavy (non-hydrogen) atoms. The zero-order chi connectivity index (χ0) is 20.5. The third kappa shape index (κ3) is 3.74. The second-order valence-corrected chi connectivity index (χ2v) is 8.09. The molecule has 148 valence electrons. The summed E-state index contributed by atoms with van der Waals surface area (Å²) < 4.78 is 0.678. The van der Waals surface area contributed by atoms with Gasteiger partial charge < -0.3 is 10.2 Å². The Morgan fingerprint density at radius 1 is 1.14 bits per heavy atom. The third-order valence-corrected chi connectivity index (χ3v) is 6.56. The number of hydrogen-bond acceptors (Lipinski definition) is 4. The second kappa shape index (κ2) is 8.13. The highest BCUT2D eigenvalue weighted by Crippen LogP contribution is 2.41. The van der Waals surface area contributed by atoms with Gasteiger partial charge in [-0.15, -0.1) is 0 Å². The van der Waals surface area contributed by atoms with Crippen molar-refractivity contribution in [2.45, 2.75) is 26.7 Å². The van der Waals surface area contributed by atoms with E-state index in [-0.39, 0.29) is 5.91 Å². The van der Waals surface area contributed by atoms with Gasteiger partial charge in [-0.1, -0.05) is 41.9 Å². The number of rotatable bonds is 4. The van der Waals surface area contributed by atoms with Gasteiger partial charge in [0.2, 0.25) is 0 Å². The zero-order valence-corrected chi connectivity index (χ0v) is 18.5. The fourth-order valence-electron chi connectivity index (χ4n) is 3.51. The lowest BCUT2D eigenvalue weighted by atomic mass is 10.0. The van der Waals surface area contributed by atoms with Gasteiger partial charge in [0.1, 0.15) is 11.0 Å². The smallest absolute Gasteiger partial charge is 0.259 e. The summed E-state index contributed by atoms with van der Waals surface area (Å²) in [6.07, 6.45) is 3.55. The monoisotopic (exact) mass is 470 g/mol. The van der Waals surface area contributed by atoms with Crippen LogP contribution in [-0.2, 0) is 12.8 Å². The Labute approximate surface area is 183 Å². The Hall–Kier alpha value is -2.44. The quantitative estimate of drug-likeness (QED) is 0.495. The first-order valence-electron chi connectivity index (χ1n) is 9.47. The molecule has 0 unspecified atom stereocenters. The summed E-state index contributed by atoms with van der Waals surface area (Å²) in [5, 5.41) is 3.37. The number of halogens is 2. The van der Waals surface area contributed by atoms with Crippen LogP contribution in [0.3, 0.4) is 0 Å². The van der Waals surface area contributed by atoms with Gasteiger partial charge in [0.25, 0.3) is 5.91 Å². The van der Waals surface area contributed by atoms with Crippen LogP contribution in [0, 0.1) is 6.92 Å². The maximum atomic E-state index is 13.1. The molecule has 0 bridgehead atoms. The first-order valence-corrected chi connectivity index (χ1v) is 10.6. The molecule has 0 spiro atoms. The molecule has 1 aliphatic rings. The molecule has 0 atom stereocenters. The molecule has 0 saturated carbocycles. The number of amides is 1. The Kier molecular flexibility index (Phi) is 5.56. The van der Waals surface area contributed by atoms with Crippen molar-refractivity contribution in [2.24, 2.45) is 0 Å². The molecule has 1 amide bonds. The molecular formula is C22H20BrClN4O. The summed E-state index contributed by atoms with van der Waals surface area (Å²) in [4.78, 5) is 24.1. The van der Waals surface area contributed by atoms with Crippen molar-refractivity contribution in [1.29, 1.82) is 0 Å². The van der Waals surface area contributed by atoms with Gasteiger partial charge in [0, 0.05) is 12.7 Å². The SMILES string of the molecule is CCN1c2ncc(CCc3ccccc3)cc2C(=O)Nc2c1nc(Cl)c(Br)c2C. The maximum Gasteiger partial charge on any atom is 0.259 e. The fourth-order valence-corrected chi connectivity index (χ4v) is 4.02. The van der Waals surface area contributed by atoms with Crippen LogP contribution in [0.25, 0.3) is 0 Å². The standard InChI is InChI=1S/C22H20BrClN4O/c1-3-28-20-16(11-15(12-25-20)10-9-14-7-5-4-6-8-14)22(29)26-18-13(2)17(23)19(24)27-21(18)28/h4-8,11-12H,3,9-10H2,1-2H3,(H,26,29). The molecule has 1 aliphatic heterocycles. The molecule has 0 aliphatic carbocycles. The van der Waals surface area contributed by atoms with E-state index in [2.05, 4.69) is 43.3 Å². The number of carbonyl (C=O) groups is 1. The average Bonchev–Trinajstić information content (AvgIpc) is 2.85. The topological polar surface area (TPSA) is 58.1 Å². The molecule has 3 aromatic rings. The highest BCUT2D eigenvalue weighted by molar-refractivity contribution is 9.10. The Bertz CT molecular complexity index is 1090. The van der Waals surface area contributed by atoms with E-state index in [4.69, 9.17) is 11.6 Å². The predicted octanol–water partition coefficient (Wildman–Crippen LogP) is 5.71. The first-order chi connectivity index (χ1) is 14.0. The van der Waals surface area contributed by atoms with Crippen LogP contribution in [0.4, 0.5) is 17.3 Å². The summed E-state index contributed by atoms with van der Waals surface area (Å²) in [5.74, 6) is 1.01. The summed E-state index contributed by atoms with van der Waals surface area (Å²) in [7, 11) is 0. The number of benzene rings is 1. The van der Waals surface area contributed by atoms with E-state index < -0.39 is 0 Å². The lowest BCUT2D eigenvalue weighted by molar-refractivity contribution is 0.102. The number of anilines is 3. The van der Waals surface area contributed by atoms with Crippen LogP contribution in [0.5, 0.6) is 0 Å². The fraction of sp³-hybridized carbons (Fsp3) is 0.227. The number of hydrogen-bond donors (Lipinski definition) is 1. The van der Waals surface area contributed by atoms with E-state index >= 15 is 0 Å². The molecule has 4 rings (SSSR count). The Morgan fingerprint density at radius 2 is 1.86 bits per heavy atom. The molecule has 0 radical (unpaired) electrons. The van der Waals surface area contributed by atoms with Crippen molar-refractivity contribution in [3.63, 3.8) is 0 Å². The van der Waals surface area contributed by atoms with Crippen molar-refractivity contribution < 1.29 is 4.79 Å². The van der Waals surface area contributed by atoms with E-state index in [9.17, 15) is 4.79 Å². The van der Waals surface area contributed by atoms with Crippen LogP contribution < -0.4 is 10.2 Å². The summed E-state index contributed by atoms with van der Waals surface area (Å²) in [6, 6.07) is 12.2. The van der Waals surface area contributed by atoms with Crippen molar-refractivity contribution in [2.75, 3.05) is 16.8 Å². The summed E-state index contributed by atoms with van der Waals surface area (Å²) in [5.41, 5.74) is 4.31. The van der Waals surface area contributed by atoms with E-state index in [1.54, 1.807) is 0 Å². The van der Waals surface area contributed by atoms with E-state index in [1.165, 1.54) is 5.56 Å². The molecule has 1 N–H and O–H groups in total. The highest BCUT2D eigenvalue weighted by Gasteiger charge is 2.29. The van der Waals surface area contributed by atoms with Crippen molar-refractivity contribution in [1.82, 2.24) is 9.97 Å².